The minimum atomic E-state index is -0.570. The molecule has 0 aliphatic rings. The lowest BCUT2D eigenvalue weighted by atomic mass is 10.4. The zero-order chi connectivity index (χ0) is 13.0. The fourth-order valence-electron chi connectivity index (χ4n) is 1.26. The van der Waals surface area contributed by atoms with Gasteiger partial charge in [0.2, 0.25) is 11.7 Å². The van der Waals surface area contributed by atoms with Crippen LogP contribution in [0.5, 0.6) is 0 Å². The molecule has 2 aromatic heterocycles. The van der Waals surface area contributed by atoms with E-state index in [1.165, 1.54) is 16.1 Å². The number of hydrogen-bond donors (Lipinski definition) is 2. The molecule has 0 unspecified atom stereocenters. The first kappa shape index (κ1) is 12.7. The first-order valence-electron chi connectivity index (χ1n) is 5.41. The summed E-state index contributed by atoms with van der Waals surface area (Å²) in [6.45, 7) is 1.80. The van der Waals surface area contributed by atoms with Crippen molar-refractivity contribution in [2.45, 2.75) is 19.6 Å². The average Bonchev–Trinajstić information content (AvgIpc) is 2.95. The number of tetrazole rings is 1. The maximum atomic E-state index is 11.5. The molecule has 0 bridgehead atoms. The summed E-state index contributed by atoms with van der Waals surface area (Å²) in [4.78, 5) is 13.6. The van der Waals surface area contributed by atoms with Crippen molar-refractivity contribution in [1.29, 1.82) is 0 Å². The highest BCUT2D eigenvalue weighted by Crippen LogP contribution is 2.19. The van der Waals surface area contributed by atoms with Gasteiger partial charge in [0.15, 0.2) is 0 Å². The van der Waals surface area contributed by atoms with E-state index >= 15 is 0 Å². The van der Waals surface area contributed by atoms with Crippen LogP contribution in [0.1, 0.15) is 6.92 Å². The van der Waals surface area contributed by atoms with Gasteiger partial charge in [-0.3, -0.25) is 4.79 Å². The Morgan fingerprint density at radius 3 is 3.17 bits per heavy atom. The smallest absolute Gasteiger partial charge is 0.243 e. The second-order valence-corrected chi connectivity index (χ2v) is 4.72. The van der Waals surface area contributed by atoms with Crippen molar-refractivity contribution in [2.24, 2.45) is 0 Å². The van der Waals surface area contributed by atoms with Gasteiger partial charge in [-0.25, -0.2) is 0 Å². The molecule has 1 atom stereocenters. The fraction of sp³-hybridized carbons (Fsp3) is 0.400. The Morgan fingerprint density at radius 1 is 1.67 bits per heavy atom. The molecule has 0 saturated carbocycles. The van der Waals surface area contributed by atoms with Crippen LogP contribution in [-0.2, 0) is 11.3 Å². The number of aromatic nitrogens is 4. The Hall–Kier alpha value is -1.80. The Balaban J connectivity index is 1.93. The summed E-state index contributed by atoms with van der Waals surface area (Å²) in [6.07, 6.45) is -0.570. The highest BCUT2D eigenvalue weighted by atomic mass is 32.1. The number of hydrogen-bond acceptors (Lipinski definition) is 6. The van der Waals surface area contributed by atoms with E-state index in [-0.39, 0.29) is 19.0 Å². The van der Waals surface area contributed by atoms with Gasteiger partial charge in [-0.1, -0.05) is 6.07 Å². The van der Waals surface area contributed by atoms with Crippen molar-refractivity contribution >= 4 is 17.2 Å². The lowest BCUT2D eigenvalue weighted by Gasteiger charge is -2.05. The van der Waals surface area contributed by atoms with E-state index < -0.39 is 6.10 Å². The van der Waals surface area contributed by atoms with Crippen LogP contribution < -0.4 is 5.32 Å². The number of aliphatic hydroxyl groups excluding tert-OH is 1. The number of carbonyl (C=O) groups is 1. The second kappa shape index (κ2) is 5.69. The predicted molar refractivity (Wildman–Crippen MR) is 65.8 cm³/mol. The molecule has 0 fully saturated rings. The largest absolute Gasteiger partial charge is 0.392 e. The van der Waals surface area contributed by atoms with Gasteiger partial charge in [0, 0.05) is 6.54 Å². The summed E-state index contributed by atoms with van der Waals surface area (Å²) in [6, 6.07) is 3.79. The van der Waals surface area contributed by atoms with Gasteiger partial charge >= 0.3 is 0 Å². The lowest BCUT2D eigenvalue weighted by Crippen LogP contribution is -2.33. The Kier molecular flexibility index (Phi) is 4.00. The fourth-order valence-corrected chi connectivity index (χ4v) is 1.91. The van der Waals surface area contributed by atoms with Crippen molar-refractivity contribution in [2.75, 3.05) is 6.54 Å². The summed E-state index contributed by atoms with van der Waals surface area (Å²) < 4.78 is 0. The molecule has 0 radical (unpaired) electrons. The third kappa shape index (κ3) is 3.34. The molecule has 0 aliphatic carbocycles. The van der Waals surface area contributed by atoms with Crippen LogP contribution in [0, 0.1) is 0 Å². The van der Waals surface area contributed by atoms with Gasteiger partial charge in [-0.2, -0.15) is 4.80 Å². The summed E-state index contributed by atoms with van der Waals surface area (Å²) in [7, 11) is 0. The molecular weight excluding hydrogens is 254 g/mol. The minimum absolute atomic E-state index is 0.00883. The number of thiophene rings is 1. The molecule has 2 N–H and O–H groups in total. The molecule has 2 heterocycles. The summed E-state index contributed by atoms with van der Waals surface area (Å²) in [5.74, 6) is 0.249. The van der Waals surface area contributed by atoms with Gasteiger partial charge in [-0.05, 0) is 23.6 Å². The number of rotatable bonds is 5. The van der Waals surface area contributed by atoms with Crippen molar-refractivity contribution < 1.29 is 9.90 Å². The van der Waals surface area contributed by atoms with Crippen molar-refractivity contribution in [3.63, 3.8) is 0 Å². The maximum absolute atomic E-state index is 11.5. The van der Waals surface area contributed by atoms with Crippen LogP contribution in [0.2, 0.25) is 0 Å². The van der Waals surface area contributed by atoms with Crippen LogP contribution >= 0.6 is 11.3 Å². The Labute approximate surface area is 107 Å². The molecule has 2 rings (SSSR count). The third-order valence-corrected chi connectivity index (χ3v) is 2.94. The van der Waals surface area contributed by atoms with Gasteiger partial charge in [0.25, 0.3) is 0 Å². The molecule has 0 spiro atoms. The highest BCUT2D eigenvalue weighted by Gasteiger charge is 2.09. The van der Waals surface area contributed by atoms with E-state index in [4.69, 9.17) is 5.11 Å². The lowest BCUT2D eigenvalue weighted by molar-refractivity contribution is -0.122. The molecule has 0 aromatic carbocycles. The summed E-state index contributed by atoms with van der Waals surface area (Å²) in [5.41, 5.74) is 0. The zero-order valence-corrected chi connectivity index (χ0v) is 10.6. The van der Waals surface area contributed by atoms with Crippen LogP contribution in [0.15, 0.2) is 17.5 Å². The quantitative estimate of drug-likeness (QED) is 0.789. The topological polar surface area (TPSA) is 92.9 Å². The van der Waals surface area contributed by atoms with Crippen LogP contribution in [0.25, 0.3) is 10.7 Å². The summed E-state index contributed by atoms with van der Waals surface area (Å²) >= 11 is 1.51. The number of amides is 1. The monoisotopic (exact) mass is 267 g/mol. The number of aliphatic hydroxyl groups is 1. The molecule has 8 heteroatoms. The SMILES string of the molecule is C[C@@H](O)CNC(=O)Cn1nnc(-c2cccs2)n1. The predicted octanol–water partition coefficient (Wildman–Crippen LogP) is -0.101. The van der Waals surface area contributed by atoms with Gasteiger partial charge in [0.1, 0.15) is 6.54 Å². The van der Waals surface area contributed by atoms with Crippen molar-refractivity contribution in [3.05, 3.63) is 17.5 Å². The van der Waals surface area contributed by atoms with E-state index in [0.717, 1.165) is 4.88 Å². The van der Waals surface area contributed by atoms with Gasteiger partial charge in [0.05, 0.1) is 11.0 Å². The molecule has 2 aromatic rings. The van der Waals surface area contributed by atoms with E-state index in [0.29, 0.717) is 5.82 Å². The minimum Gasteiger partial charge on any atom is -0.392 e. The molecule has 18 heavy (non-hydrogen) atoms. The van der Waals surface area contributed by atoms with E-state index in [2.05, 4.69) is 20.7 Å². The summed E-state index contributed by atoms with van der Waals surface area (Å²) in [5, 5.41) is 25.3. The number of carbonyl (C=O) groups excluding carboxylic acids is 1. The Bertz CT molecular complexity index is 508. The van der Waals surface area contributed by atoms with Crippen molar-refractivity contribution in [3.8, 4) is 10.7 Å². The standard InChI is InChI=1S/C10H13N5O2S/c1-7(16)5-11-9(17)6-15-13-10(12-14-15)8-3-2-4-18-8/h2-4,7,16H,5-6H2,1H3,(H,11,17)/t7-/m1/s1. The zero-order valence-electron chi connectivity index (χ0n) is 9.78. The van der Waals surface area contributed by atoms with Crippen molar-refractivity contribution in [1.82, 2.24) is 25.5 Å². The van der Waals surface area contributed by atoms with Crippen LogP contribution in [0.3, 0.4) is 0 Å². The molecule has 96 valence electrons. The molecule has 7 nitrogen and oxygen atoms in total. The number of nitrogens with zero attached hydrogens (tertiary/aromatic N) is 4. The van der Waals surface area contributed by atoms with E-state index in [9.17, 15) is 4.79 Å². The first-order chi connectivity index (χ1) is 8.65. The van der Waals surface area contributed by atoms with Crippen LogP contribution in [-0.4, -0.2) is 43.9 Å². The van der Waals surface area contributed by atoms with E-state index in [1.807, 2.05) is 17.5 Å². The third-order valence-electron chi connectivity index (χ3n) is 2.07. The Morgan fingerprint density at radius 2 is 2.50 bits per heavy atom. The number of nitrogens with one attached hydrogen (secondary N) is 1. The second-order valence-electron chi connectivity index (χ2n) is 3.77. The molecular formula is C10H13N5O2S. The van der Waals surface area contributed by atoms with Crippen LogP contribution in [0.4, 0.5) is 0 Å². The van der Waals surface area contributed by atoms with E-state index in [1.54, 1.807) is 6.92 Å². The first-order valence-corrected chi connectivity index (χ1v) is 6.29. The normalized spacial score (nSPS) is 12.3. The van der Waals surface area contributed by atoms with Gasteiger partial charge < -0.3 is 10.4 Å². The molecule has 1 amide bonds. The molecule has 0 aliphatic heterocycles. The molecule has 0 saturated heterocycles. The highest BCUT2D eigenvalue weighted by molar-refractivity contribution is 7.13. The van der Waals surface area contributed by atoms with Gasteiger partial charge in [-0.15, -0.1) is 21.5 Å². The maximum Gasteiger partial charge on any atom is 0.243 e. The average molecular weight is 267 g/mol.